The van der Waals surface area contributed by atoms with Crippen LogP contribution >= 0.6 is 7.51 Å². The lowest BCUT2D eigenvalue weighted by Gasteiger charge is -2.47. The molecule has 0 radical (unpaired) electrons. The SMILES string of the molecule is CCN(CC)P(=NN=Nc1ccc2nnnn2n1)(N(CC)CC)N(CC)CC. The number of rotatable bonds is 11. The Labute approximate surface area is 167 Å². The van der Waals surface area contributed by atoms with Crippen LogP contribution in [0.25, 0.3) is 5.65 Å². The first-order chi connectivity index (χ1) is 13.6. The van der Waals surface area contributed by atoms with Gasteiger partial charge in [0.2, 0.25) is 0 Å². The smallest absolute Gasteiger partial charge is 0.200 e. The van der Waals surface area contributed by atoms with Gasteiger partial charge in [-0.2, -0.15) is 0 Å². The minimum atomic E-state index is -2.21. The third-order valence-electron chi connectivity index (χ3n) is 4.69. The van der Waals surface area contributed by atoms with E-state index in [9.17, 15) is 0 Å². The molecule has 0 bridgehead atoms. The summed E-state index contributed by atoms with van der Waals surface area (Å²) in [4.78, 5) is 4.89. The minimum absolute atomic E-state index is 0.417. The van der Waals surface area contributed by atoms with E-state index in [4.69, 9.17) is 4.85 Å². The highest BCUT2D eigenvalue weighted by atomic mass is 31.2. The monoisotopic (exact) mass is 409 g/mol. The molecule has 11 nitrogen and oxygen atoms in total. The molecule has 0 aliphatic carbocycles. The molecule has 0 fully saturated rings. The first kappa shape index (κ1) is 22.5. The lowest BCUT2D eigenvalue weighted by atomic mass is 10.5. The molecule has 156 valence electrons. The Morgan fingerprint density at radius 1 is 0.857 bits per heavy atom. The van der Waals surface area contributed by atoms with Crippen LogP contribution in [0.4, 0.5) is 5.82 Å². The van der Waals surface area contributed by atoms with Crippen LogP contribution in [-0.2, 0) is 0 Å². The van der Waals surface area contributed by atoms with Gasteiger partial charge in [0, 0.05) is 39.3 Å². The van der Waals surface area contributed by atoms with E-state index in [1.54, 1.807) is 12.1 Å². The van der Waals surface area contributed by atoms with E-state index in [0.29, 0.717) is 11.5 Å². The van der Waals surface area contributed by atoms with Gasteiger partial charge in [-0.15, -0.1) is 24.8 Å². The molecule has 0 N–H and O–H groups in total. The van der Waals surface area contributed by atoms with Crippen LogP contribution in [0.3, 0.4) is 0 Å². The van der Waals surface area contributed by atoms with Gasteiger partial charge in [-0.3, -0.25) is 0 Å². The molecule has 2 aromatic rings. The predicted molar refractivity (Wildman–Crippen MR) is 111 cm³/mol. The Kier molecular flexibility index (Phi) is 8.56. The van der Waals surface area contributed by atoms with E-state index < -0.39 is 7.51 Å². The molecule has 12 heteroatoms. The van der Waals surface area contributed by atoms with Crippen molar-refractivity contribution in [3.05, 3.63) is 12.1 Å². The van der Waals surface area contributed by atoms with Crippen molar-refractivity contribution in [2.45, 2.75) is 41.5 Å². The van der Waals surface area contributed by atoms with Gasteiger partial charge in [-0.25, -0.2) is 14.0 Å². The normalized spacial score (nSPS) is 12.9. The van der Waals surface area contributed by atoms with E-state index >= 15 is 0 Å². The predicted octanol–water partition coefficient (Wildman–Crippen LogP) is 3.49. The van der Waals surface area contributed by atoms with Gasteiger partial charge < -0.3 is 0 Å². The van der Waals surface area contributed by atoms with Crippen molar-refractivity contribution in [1.29, 1.82) is 0 Å². The third kappa shape index (κ3) is 4.43. The quantitative estimate of drug-likeness (QED) is 0.318. The summed E-state index contributed by atoms with van der Waals surface area (Å²) in [5, 5.41) is 24.0. The molecular weight excluding hydrogens is 377 g/mol. The molecular formula is C16H32N11P. The fourth-order valence-corrected chi connectivity index (χ4v) is 7.17. The van der Waals surface area contributed by atoms with Crippen LogP contribution < -0.4 is 0 Å². The summed E-state index contributed by atoms with van der Waals surface area (Å²) in [5.41, 5.74) is 0.562. The molecule has 0 aliphatic heterocycles. The van der Waals surface area contributed by atoms with Crippen molar-refractivity contribution in [1.82, 2.24) is 39.3 Å². The number of nitrogens with zero attached hydrogens (tertiary/aromatic N) is 11. The summed E-state index contributed by atoms with van der Waals surface area (Å²) < 4.78 is 8.59. The summed E-state index contributed by atoms with van der Waals surface area (Å²) >= 11 is 0. The van der Waals surface area contributed by atoms with E-state index in [-0.39, 0.29) is 0 Å². The summed E-state index contributed by atoms with van der Waals surface area (Å²) in [6.45, 7) is 18.4. The molecule has 2 heterocycles. The van der Waals surface area contributed by atoms with Gasteiger partial charge in [0.1, 0.15) is 0 Å². The van der Waals surface area contributed by atoms with Gasteiger partial charge in [-0.05, 0) is 27.8 Å². The topological polar surface area (TPSA) is 103 Å². The molecule has 2 aromatic heterocycles. The molecule has 0 saturated heterocycles. The second-order valence-electron chi connectivity index (χ2n) is 5.95. The lowest BCUT2D eigenvalue weighted by molar-refractivity contribution is 0.338. The maximum absolute atomic E-state index is 4.89. The average Bonchev–Trinajstić information content (AvgIpc) is 3.18. The highest BCUT2D eigenvalue weighted by Crippen LogP contribution is 2.59. The Bertz CT molecular complexity index is 768. The van der Waals surface area contributed by atoms with Gasteiger partial charge in [0.25, 0.3) is 0 Å². The van der Waals surface area contributed by atoms with E-state index in [0.717, 1.165) is 39.3 Å². The van der Waals surface area contributed by atoms with E-state index in [1.165, 1.54) is 4.63 Å². The van der Waals surface area contributed by atoms with Gasteiger partial charge in [0.15, 0.2) is 19.0 Å². The summed E-state index contributed by atoms with van der Waals surface area (Å²) in [6, 6.07) is 3.49. The maximum Gasteiger partial charge on any atom is 0.200 e. The molecule has 0 aliphatic rings. The number of aromatic nitrogens is 5. The third-order valence-corrected chi connectivity index (χ3v) is 8.99. The van der Waals surface area contributed by atoms with Crippen LogP contribution in [0.15, 0.2) is 27.3 Å². The molecule has 0 spiro atoms. The van der Waals surface area contributed by atoms with Crippen LogP contribution in [0.1, 0.15) is 41.5 Å². The van der Waals surface area contributed by atoms with Crippen LogP contribution in [0, 0.1) is 0 Å². The van der Waals surface area contributed by atoms with E-state index in [2.05, 4.69) is 86.5 Å². The second-order valence-corrected chi connectivity index (χ2v) is 8.90. The fraction of sp³-hybridized carbons (Fsp3) is 0.750. The number of fused-ring (bicyclic) bond motifs is 1. The molecule has 0 aromatic carbocycles. The fourth-order valence-electron chi connectivity index (χ4n) is 3.33. The zero-order valence-corrected chi connectivity index (χ0v) is 18.7. The molecule has 28 heavy (non-hydrogen) atoms. The zero-order chi connectivity index (χ0) is 20.6. The molecule has 0 atom stereocenters. The Balaban J connectivity index is 2.56. The van der Waals surface area contributed by atoms with E-state index in [1.807, 2.05) is 0 Å². The average molecular weight is 409 g/mol. The number of hydrogen-bond acceptors (Lipinski definition) is 5. The highest BCUT2D eigenvalue weighted by Gasteiger charge is 2.37. The highest BCUT2D eigenvalue weighted by molar-refractivity contribution is 7.59. The molecule has 2 rings (SSSR count). The van der Waals surface area contributed by atoms with Crippen molar-refractivity contribution in [2.75, 3.05) is 39.3 Å². The van der Waals surface area contributed by atoms with Crippen molar-refractivity contribution in [2.24, 2.45) is 15.2 Å². The number of hydrogen-bond donors (Lipinski definition) is 0. The first-order valence-electron chi connectivity index (χ1n) is 9.95. The van der Waals surface area contributed by atoms with Crippen molar-refractivity contribution < 1.29 is 0 Å². The summed E-state index contributed by atoms with van der Waals surface area (Å²) in [6.07, 6.45) is 0. The standard InChI is InChI=1S/C16H32N11P/c1-7-24(8-2)28(25(9-3)10-4,26(11-5)12-6)23-21-17-15-13-14-16-18-20-22-27(16)19-15/h13-14H,7-12H2,1-6H3. The van der Waals surface area contributed by atoms with Crippen LogP contribution in [0.5, 0.6) is 0 Å². The van der Waals surface area contributed by atoms with Crippen molar-refractivity contribution >= 4 is 19.0 Å². The van der Waals surface area contributed by atoms with Crippen molar-refractivity contribution in [3.8, 4) is 0 Å². The second kappa shape index (κ2) is 10.7. The van der Waals surface area contributed by atoms with Crippen molar-refractivity contribution in [3.63, 3.8) is 0 Å². The van der Waals surface area contributed by atoms with Gasteiger partial charge in [-0.1, -0.05) is 41.5 Å². The van der Waals surface area contributed by atoms with Gasteiger partial charge in [0.05, 0.1) is 0 Å². The molecule has 0 saturated carbocycles. The summed E-state index contributed by atoms with van der Waals surface area (Å²) in [7, 11) is -2.21. The van der Waals surface area contributed by atoms with Crippen LogP contribution in [0.2, 0.25) is 0 Å². The maximum atomic E-state index is 4.89. The Hall–Kier alpha value is -1.81. The van der Waals surface area contributed by atoms with Crippen LogP contribution in [-0.4, -0.2) is 78.5 Å². The van der Waals surface area contributed by atoms with Gasteiger partial charge >= 0.3 is 0 Å². The zero-order valence-electron chi connectivity index (χ0n) is 17.8. The first-order valence-corrected chi connectivity index (χ1v) is 11.5. The minimum Gasteiger partial charge on any atom is -0.245 e. The lowest BCUT2D eigenvalue weighted by Crippen LogP contribution is -2.41. The largest absolute Gasteiger partial charge is 0.245 e. The molecule has 0 amide bonds. The molecule has 0 unspecified atom stereocenters. The Morgan fingerprint density at radius 2 is 1.39 bits per heavy atom. The summed E-state index contributed by atoms with van der Waals surface area (Å²) in [5.74, 6) is 0.417. The Morgan fingerprint density at radius 3 is 1.89 bits per heavy atom. The number of tetrazole rings is 1.